The molecule has 1 unspecified atom stereocenters. The first kappa shape index (κ1) is 36.3. The van der Waals surface area contributed by atoms with E-state index in [1.807, 2.05) is 12.3 Å². The van der Waals surface area contributed by atoms with Gasteiger partial charge in [-0.25, -0.2) is 9.58 Å². The van der Waals surface area contributed by atoms with E-state index in [2.05, 4.69) is 198 Å². The van der Waals surface area contributed by atoms with Crippen LogP contribution in [0.1, 0.15) is 52.7 Å². The largest absolute Gasteiger partial charge is 0.509 e. The fourth-order valence-electron chi connectivity index (χ4n) is 8.45. The van der Waals surface area contributed by atoms with Gasteiger partial charge in [-0.3, -0.25) is 0 Å². The molecule has 4 heterocycles. The van der Waals surface area contributed by atoms with Crippen LogP contribution in [0, 0.1) is 18.8 Å². The average molecular weight is 911 g/mol. The molecule has 1 saturated heterocycles. The van der Waals surface area contributed by atoms with Gasteiger partial charge in [-0.1, -0.05) is 126 Å². The molecule has 280 valence electrons. The Balaban J connectivity index is 0.00000410. The van der Waals surface area contributed by atoms with E-state index in [-0.39, 0.29) is 31.9 Å². The summed E-state index contributed by atoms with van der Waals surface area (Å²) >= 11 is 0. The number of ether oxygens (including phenoxy) is 1. The van der Waals surface area contributed by atoms with Crippen LogP contribution in [0.15, 0.2) is 146 Å². The molecule has 0 amide bonds. The third-order valence-electron chi connectivity index (χ3n) is 11.4. The molecule has 0 radical (unpaired) electrons. The van der Waals surface area contributed by atoms with Gasteiger partial charge in [0.1, 0.15) is 5.82 Å². The van der Waals surface area contributed by atoms with Crippen molar-refractivity contribution in [2.24, 2.45) is 0 Å². The number of pyridine rings is 1. The second-order valence-corrected chi connectivity index (χ2v) is 17.0. The van der Waals surface area contributed by atoms with Crippen molar-refractivity contribution in [3.63, 3.8) is 0 Å². The summed E-state index contributed by atoms with van der Waals surface area (Å²) in [4.78, 5) is 4.87. The number of quaternary nitrogens is 2. The van der Waals surface area contributed by atoms with Crippen molar-refractivity contribution >= 4 is 44.6 Å². The molecule has 6 heteroatoms. The minimum absolute atomic E-state index is 0. The van der Waals surface area contributed by atoms with E-state index in [0.717, 1.165) is 33.3 Å². The molecule has 2 atom stereocenters. The van der Waals surface area contributed by atoms with Gasteiger partial charge in [0.25, 0.3) is 0 Å². The molecule has 0 bridgehead atoms. The molecule has 2 aromatic heterocycles. The zero-order valence-corrected chi connectivity index (χ0v) is 34.7. The first-order valence-electron chi connectivity index (χ1n) is 19.1. The van der Waals surface area contributed by atoms with Gasteiger partial charge in [0.05, 0.1) is 5.69 Å². The Bertz CT molecular complexity index is 2810. The second kappa shape index (κ2) is 12.9. The van der Waals surface area contributed by atoms with Crippen molar-refractivity contribution in [2.45, 2.75) is 52.4 Å². The predicted octanol–water partition coefficient (Wildman–Crippen LogP) is 13.2. The molecule has 0 saturated carbocycles. The predicted molar refractivity (Wildman–Crippen MR) is 226 cm³/mol. The minimum atomic E-state index is -0.132. The van der Waals surface area contributed by atoms with Crippen LogP contribution in [0.5, 0.6) is 11.5 Å². The zero-order chi connectivity index (χ0) is 37.7. The summed E-state index contributed by atoms with van der Waals surface area (Å²) in [6.45, 7) is 15.9. The van der Waals surface area contributed by atoms with E-state index < -0.39 is 0 Å². The Labute approximate surface area is 343 Å². The smallest absolute Gasteiger partial charge is 0.225 e. The molecular weight excluding hydrogens is 868 g/mol. The summed E-state index contributed by atoms with van der Waals surface area (Å²) in [6.07, 6.45) is 1.91. The summed E-state index contributed by atoms with van der Waals surface area (Å²) < 4.78 is 10.2. The van der Waals surface area contributed by atoms with E-state index in [1.54, 1.807) is 0 Å². The molecule has 6 aromatic carbocycles. The molecule has 0 N–H and O–H groups in total. The molecule has 56 heavy (non-hydrogen) atoms. The first-order valence-corrected chi connectivity index (χ1v) is 19.1. The molecular formula is C50H43N4OPt-. The molecule has 5 nitrogen and oxygen atoms in total. The monoisotopic (exact) mass is 910 g/mol. The zero-order valence-electron chi connectivity index (χ0n) is 32.4. The normalized spacial score (nSPS) is 18.5. The summed E-state index contributed by atoms with van der Waals surface area (Å²) in [5, 5.41) is 2.26. The Morgan fingerprint density at radius 2 is 1.29 bits per heavy atom. The van der Waals surface area contributed by atoms with Crippen molar-refractivity contribution in [3.05, 3.63) is 176 Å². The van der Waals surface area contributed by atoms with Gasteiger partial charge >= 0.3 is 0 Å². The fourth-order valence-corrected chi connectivity index (χ4v) is 8.45. The number of benzene rings is 6. The fraction of sp³-hybridized carbons (Fsp3) is 0.160. The third-order valence-corrected chi connectivity index (χ3v) is 11.4. The molecule has 0 spiro atoms. The number of rotatable bonds is 6. The van der Waals surface area contributed by atoms with Crippen LogP contribution in [-0.2, 0) is 31.9 Å². The quantitative estimate of drug-likeness (QED) is 0.0944. The summed E-state index contributed by atoms with van der Waals surface area (Å²) in [5.41, 5.74) is 11.5. The van der Waals surface area contributed by atoms with Crippen molar-refractivity contribution in [2.75, 3.05) is 0 Å². The number of nitrogens with zero attached hydrogens (tertiary/aromatic N) is 4. The molecule has 0 aliphatic carbocycles. The van der Waals surface area contributed by atoms with Crippen molar-refractivity contribution in [3.8, 4) is 28.4 Å². The van der Waals surface area contributed by atoms with Crippen LogP contribution < -0.4 is 13.9 Å². The number of para-hydroxylation sites is 3. The van der Waals surface area contributed by atoms with E-state index in [1.165, 1.54) is 39.3 Å². The average Bonchev–Trinajstić information content (AvgIpc) is 3.68. The van der Waals surface area contributed by atoms with Crippen LogP contribution in [0.4, 0.5) is 22.7 Å². The Kier molecular flexibility index (Phi) is 8.34. The topological polar surface area (TPSA) is 27.1 Å². The molecule has 10 rings (SSSR count). The number of hydrogen-bond acceptors (Lipinski definition) is 2. The van der Waals surface area contributed by atoms with Gasteiger partial charge in [-0.15, -0.1) is 35.2 Å². The number of aromatic nitrogens is 2. The molecule has 2 aliphatic rings. The van der Waals surface area contributed by atoms with Gasteiger partial charge in [-0.05, 0) is 51.1 Å². The SMILES string of the molecule is CC(C)(C)c1cc(Oc2[c-]c3c(cc2)c2ccccc2n3-c2cc(C(C)(C)C)ccn2)[c-]c([N@@+]23[CH-][N+]2(c2cccc(-c4ccccc4)c2)c2ccccc23)c1.[Pt]. The minimum Gasteiger partial charge on any atom is -0.509 e. The van der Waals surface area contributed by atoms with E-state index in [9.17, 15) is 0 Å². The van der Waals surface area contributed by atoms with E-state index in [4.69, 9.17) is 9.72 Å². The van der Waals surface area contributed by atoms with Crippen LogP contribution in [0.25, 0.3) is 38.8 Å². The third kappa shape index (κ3) is 5.44. The molecule has 2 aliphatic heterocycles. The van der Waals surface area contributed by atoms with Crippen molar-refractivity contribution < 1.29 is 25.8 Å². The van der Waals surface area contributed by atoms with Crippen molar-refractivity contribution in [1.82, 2.24) is 18.7 Å². The van der Waals surface area contributed by atoms with E-state index >= 15 is 0 Å². The standard InChI is InChI=1S/C50H43N4O.Pt/c1-49(2,3)36-25-26-51-48(30-36)52-44-20-11-10-19-42(44)43-24-23-40(32-45(43)52)55-41-29-37(50(4,5)6)28-39(31-41)54-33-53(54,46-21-12-13-22-47(46)54)38-18-14-17-35(27-38)34-15-8-7-9-16-34;/h7-30,33H,1-6H3;/q-1;/t53?,54-;/m1./s1. The maximum absolute atomic E-state index is 6.84. The summed E-state index contributed by atoms with van der Waals surface area (Å²) in [7, 11) is 0. The second-order valence-electron chi connectivity index (χ2n) is 17.0. The van der Waals surface area contributed by atoms with Gasteiger partial charge in [-0.2, -0.15) is 10.7 Å². The maximum Gasteiger partial charge on any atom is 0.225 e. The summed E-state index contributed by atoms with van der Waals surface area (Å²) in [5.74, 6) is 2.17. The number of fused-ring (bicyclic) bond motifs is 7. The van der Waals surface area contributed by atoms with Crippen LogP contribution >= 0.6 is 0 Å². The molecule has 1 fully saturated rings. The van der Waals surface area contributed by atoms with Gasteiger partial charge in [0.15, 0.2) is 12.4 Å². The number of hydrogen-bond donors (Lipinski definition) is 0. The maximum atomic E-state index is 6.84. The van der Waals surface area contributed by atoms with E-state index in [0.29, 0.717) is 20.7 Å². The van der Waals surface area contributed by atoms with Crippen LogP contribution in [-0.4, -0.2) is 9.55 Å². The summed E-state index contributed by atoms with van der Waals surface area (Å²) in [6, 6.07) is 57.3. The van der Waals surface area contributed by atoms with Crippen LogP contribution in [0.2, 0.25) is 0 Å². The Morgan fingerprint density at radius 3 is 2.05 bits per heavy atom. The Morgan fingerprint density at radius 1 is 0.589 bits per heavy atom. The first-order chi connectivity index (χ1) is 26.5. The van der Waals surface area contributed by atoms with Crippen molar-refractivity contribution in [1.29, 1.82) is 0 Å². The van der Waals surface area contributed by atoms with Gasteiger partial charge in [0, 0.05) is 68.5 Å². The van der Waals surface area contributed by atoms with Gasteiger partial charge < -0.3 is 9.30 Å². The Hall–Kier alpha value is -5.32. The van der Waals surface area contributed by atoms with Crippen LogP contribution in [0.3, 0.4) is 0 Å². The molecule has 8 aromatic rings. The van der Waals surface area contributed by atoms with Gasteiger partial charge in [0.2, 0.25) is 11.4 Å².